The van der Waals surface area contributed by atoms with Gasteiger partial charge in [-0.1, -0.05) is 115 Å². The molecule has 0 unspecified atom stereocenters. The zero-order chi connectivity index (χ0) is 33.5. The number of para-hydroxylation sites is 4. The van der Waals surface area contributed by atoms with E-state index in [-0.39, 0.29) is 0 Å². The van der Waals surface area contributed by atoms with Crippen molar-refractivity contribution in [2.24, 2.45) is 0 Å². The maximum Gasteiger partial charge on any atom is 0.164 e. The second-order valence-corrected chi connectivity index (χ2v) is 12.8. The van der Waals surface area contributed by atoms with Gasteiger partial charge >= 0.3 is 0 Å². The normalized spacial score (nSPS) is 11.9. The Balaban J connectivity index is 1.07. The molecule has 6 heteroatoms. The zero-order valence-corrected chi connectivity index (χ0v) is 27.0. The highest BCUT2D eigenvalue weighted by molar-refractivity contribution is 6.15. The van der Waals surface area contributed by atoms with Crippen LogP contribution in [0, 0.1) is 0 Å². The topological polar surface area (TPSA) is 78.1 Å². The SMILES string of the molecule is c1ccc(-c2nc(-c3ccc4c(c3)oc3ccccc34)nc(-c3ccc4c(c3)oc3c(-c5cccc6c5oc5ccccc56)cccc34)n2)cc1. The van der Waals surface area contributed by atoms with Crippen LogP contribution in [0.4, 0.5) is 0 Å². The van der Waals surface area contributed by atoms with Gasteiger partial charge in [-0.3, -0.25) is 0 Å². The Morgan fingerprint density at radius 3 is 1.35 bits per heavy atom. The number of nitrogens with zero attached hydrogens (tertiary/aromatic N) is 3. The second kappa shape index (κ2) is 10.7. The smallest absolute Gasteiger partial charge is 0.164 e. The first-order chi connectivity index (χ1) is 25.2. The molecule has 0 aliphatic heterocycles. The van der Waals surface area contributed by atoms with Crippen LogP contribution in [0.25, 0.3) is 111 Å². The summed E-state index contributed by atoms with van der Waals surface area (Å²) in [4.78, 5) is 14.9. The van der Waals surface area contributed by atoms with Gasteiger partial charge in [-0.15, -0.1) is 0 Å². The molecule has 11 aromatic rings. The molecule has 6 nitrogen and oxygen atoms in total. The molecule has 0 radical (unpaired) electrons. The van der Waals surface area contributed by atoms with Crippen molar-refractivity contribution >= 4 is 65.8 Å². The van der Waals surface area contributed by atoms with E-state index in [9.17, 15) is 0 Å². The lowest BCUT2D eigenvalue weighted by Crippen LogP contribution is -2.00. The fourth-order valence-corrected chi connectivity index (χ4v) is 7.32. The van der Waals surface area contributed by atoms with Crippen molar-refractivity contribution < 1.29 is 13.3 Å². The fraction of sp³-hybridized carbons (Fsp3) is 0. The second-order valence-electron chi connectivity index (χ2n) is 12.8. The summed E-state index contributed by atoms with van der Waals surface area (Å²) >= 11 is 0. The molecule has 0 amide bonds. The third-order valence-corrected chi connectivity index (χ3v) is 9.76. The summed E-state index contributed by atoms with van der Waals surface area (Å²) in [5.41, 5.74) is 9.44. The van der Waals surface area contributed by atoms with Gasteiger partial charge in [-0.05, 0) is 36.4 Å². The summed E-state index contributed by atoms with van der Waals surface area (Å²) in [6, 6.07) is 51.1. The van der Waals surface area contributed by atoms with Crippen LogP contribution >= 0.6 is 0 Å². The van der Waals surface area contributed by atoms with E-state index in [1.165, 1.54) is 0 Å². The van der Waals surface area contributed by atoms with E-state index in [0.29, 0.717) is 17.5 Å². The fourth-order valence-electron chi connectivity index (χ4n) is 7.32. The lowest BCUT2D eigenvalue weighted by atomic mass is 10.00. The quantitative estimate of drug-likeness (QED) is 0.188. The van der Waals surface area contributed by atoms with Crippen LogP contribution in [-0.2, 0) is 0 Å². The monoisotopic (exact) mass is 655 g/mol. The first-order valence-corrected chi connectivity index (χ1v) is 16.8. The molecule has 7 aromatic carbocycles. The molecular formula is C45H25N3O3. The van der Waals surface area contributed by atoms with Crippen molar-refractivity contribution in [3.63, 3.8) is 0 Å². The maximum atomic E-state index is 6.70. The molecule has 238 valence electrons. The van der Waals surface area contributed by atoms with Gasteiger partial charge in [0.15, 0.2) is 17.5 Å². The number of rotatable bonds is 4. The van der Waals surface area contributed by atoms with E-state index in [1.54, 1.807) is 0 Å². The van der Waals surface area contributed by atoms with Gasteiger partial charge in [-0.2, -0.15) is 0 Å². The minimum atomic E-state index is 0.554. The van der Waals surface area contributed by atoms with Crippen molar-refractivity contribution in [2.45, 2.75) is 0 Å². The predicted octanol–water partition coefficient (Wildman–Crippen LogP) is 12.2. The van der Waals surface area contributed by atoms with Crippen LogP contribution in [0.3, 0.4) is 0 Å². The number of furan rings is 3. The van der Waals surface area contributed by atoms with Crippen molar-refractivity contribution in [2.75, 3.05) is 0 Å². The summed E-state index contributed by atoms with van der Waals surface area (Å²) in [7, 11) is 0. The van der Waals surface area contributed by atoms with E-state index in [4.69, 9.17) is 28.2 Å². The molecular weight excluding hydrogens is 631 g/mol. The molecule has 51 heavy (non-hydrogen) atoms. The standard InChI is InChI=1S/C45H25N3O3/c1-2-10-26(11-3-1)43-46-44(27-20-22-31-29-12-4-6-18-37(29)49-39(31)24-27)48-45(47-43)28-21-23-32-34-15-9-17-36(42(34)51-40(32)25-28)35-16-8-14-33-30-13-5-7-19-38(30)50-41(33)35/h1-25H. The van der Waals surface area contributed by atoms with Gasteiger partial charge in [0.05, 0.1) is 0 Å². The third-order valence-electron chi connectivity index (χ3n) is 9.76. The van der Waals surface area contributed by atoms with Crippen molar-refractivity contribution in [1.82, 2.24) is 15.0 Å². The highest BCUT2D eigenvalue weighted by atomic mass is 16.3. The Morgan fingerprint density at radius 1 is 0.294 bits per heavy atom. The maximum absolute atomic E-state index is 6.70. The minimum absolute atomic E-state index is 0.554. The van der Waals surface area contributed by atoms with Crippen LogP contribution in [0.1, 0.15) is 0 Å². The van der Waals surface area contributed by atoms with Crippen LogP contribution in [0.15, 0.2) is 165 Å². The Bertz CT molecular complexity index is 3150. The Labute approximate surface area is 290 Å². The van der Waals surface area contributed by atoms with Crippen LogP contribution in [0.5, 0.6) is 0 Å². The number of benzene rings is 7. The van der Waals surface area contributed by atoms with Crippen LogP contribution in [0.2, 0.25) is 0 Å². The molecule has 0 fully saturated rings. The Hall–Kier alpha value is -7.05. The molecule has 4 heterocycles. The molecule has 0 atom stereocenters. The summed E-state index contributed by atoms with van der Waals surface area (Å²) in [5, 5.41) is 6.36. The van der Waals surface area contributed by atoms with Gasteiger partial charge in [0, 0.05) is 60.1 Å². The molecule has 11 rings (SSSR count). The highest BCUT2D eigenvalue weighted by Crippen LogP contribution is 2.42. The van der Waals surface area contributed by atoms with Gasteiger partial charge in [-0.25, -0.2) is 15.0 Å². The lowest BCUT2D eigenvalue weighted by Gasteiger charge is -2.08. The molecule has 4 aromatic heterocycles. The predicted molar refractivity (Wildman–Crippen MR) is 203 cm³/mol. The average molecular weight is 656 g/mol. The first-order valence-electron chi connectivity index (χ1n) is 16.8. The zero-order valence-electron chi connectivity index (χ0n) is 27.0. The number of hydrogen-bond donors (Lipinski definition) is 0. The molecule has 0 N–H and O–H groups in total. The number of aromatic nitrogens is 3. The largest absolute Gasteiger partial charge is 0.456 e. The van der Waals surface area contributed by atoms with E-state index in [0.717, 1.165) is 93.6 Å². The summed E-state index contributed by atoms with van der Waals surface area (Å²) < 4.78 is 19.3. The van der Waals surface area contributed by atoms with E-state index >= 15 is 0 Å². The first kappa shape index (κ1) is 27.9. The molecule has 0 bridgehead atoms. The molecule has 0 aliphatic rings. The minimum Gasteiger partial charge on any atom is -0.456 e. The van der Waals surface area contributed by atoms with E-state index in [1.807, 2.05) is 84.9 Å². The van der Waals surface area contributed by atoms with Gasteiger partial charge < -0.3 is 13.3 Å². The van der Waals surface area contributed by atoms with Crippen molar-refractivity contribution in [3.8, 4) is 45.3 Å². The summed E-state index contributed by atoms with van der Waals surface area (Å²) in [5.74, 6) is 1.71. The highest BCUT2D eigenvalue weighted by Gasteiger charge is 2.19. The number of hydrogen-bond acceptors (Lipinski definition) is 6. The average Bonchev–Trinajstić information content (AvgIpc) is 3.88. The van der Waals surface area contributed by atoms with E-state index < -0.39 is 0 Å². The Kier molecular flexibility index (Phi) is 5.86. The van der Waals surface area contributed by atoms with Gasteiger partial charge in [0.1, 0.15) is 33.5 Å². The molecule has 0 saturated heterocycles. The third kappa shape index (κ3) is 4.33. The van der Waals surface area contributed by atoms with E-state index in [2.05, 4.69) is 66.7 Å². The van der Waals surface area contributed by atoms with Crippen molar-refractivity contribution in [3.05, 3.63) is 152 Å². The molecule has 0 spiro atoms. The summed E-state index contributed by atoms with van der Waals surface area (Å²) in [6.45, 7) is 0. The van der Waals surface area contributed by atoms with Crippen molar-refractivity contribution in [1.29, 1.82) is 0 Å². The van der Waals surface area contributed by atoms with Crippen LogP contribution in [-0.4, -0.2) is 15.0 Å². The lowest BCUT2D eigenvalue weighted by molar-refractivity contribution is 0.665. The summed E-state index contributed by atoms with van der Waals surface area (Å²) in [6.07, 6.45) is 0. The molecule has 0 aliphatic carbocycles. The van der Waals surface area contributed by atoms with Gasteiger partial charge in [0.2, 0.25) is 0 Å². The van der Waals surface area contributed by atoms with Gasteiger partial charge in [0.25, 0.3) is 0 Å². The number of fused-ring (bicyclic) bond motifs is 9. The molecule has 0 saturated carbocycles. The van der Waals surface area contributed by atoms with Crippen LogP contribution < -0.4 is 0 Å². The Morgan fingerprint density at radius 2 is 0.725 bits per heavy atom.